The number of anilines is 1. The van der Waals surface area contributed by atoms with E-state index in [-0.39, 0.29) is 11.9 Å². The molecule has 0 fully saturated rings. The molecule has 0 saturated heterocycles. The second kappa shape index (κ2) is 5.42. The molecule has 0 aliphatic heterocycles. The Morgan fingerprint density at radius 1 is 1.45 bits per heavy atom. The fourth-order valence-electron chi connectivity index (χ4n) is 2.43. The third kappa shape index (κ3) is 2.64. The molecule has 1 amide bonds. The number of aromatic nitrogens is 1. The molecule has 1 unspecified atom stereocenters. The summed E-state index contributed by atoms with van der Waals surface area (Å²) in [6.45, 7) is 0. The summed E-state index contributed by atoms with van der Waals surface area (Å²) >= 11 is 7.55. The molecule has 1 aliphatic rings. The Kier molecular flexibility index (Phi) is 3.63. The number of carbonyl (C=O) groups is 1. The number of hydrogen-bond acceptors (Lipinski definition) is 4. The smallest absolute Gasteiger partial charge is 0.253 e. The topological polar surface area (TPSA) is 68.0 Å². The van der Waals surface area contributed by atoms with E-state index in [4.69, 9.17) is 17.3 Å². The first-order chi connectivity index (χ1) is 9.63. The summed E-state index contributed by atoms with van der Waals surface area (Å²) < 4.78 is 0. The lowest BCUT2D eigenvalue weighted by molar-refractivity contribution is 0.0934. The van der Waals surface area contributed by atoms with Gasteiger partial charge in [-0.05, 0) is 25.0 Å². The van der Waals surface area contributed by atoms with Crippen LogP contribution in [-0.2, 0) is 12.8 Å². The van der Waals surface area contributed by atoms with Crippen molar-refractivity contribution < 1.29 is 4.79 Å². The third-order valence-corrected chi connectivity index (χ3v) is 4.69. The molecule has 1 aromatic heterocycles. The van der Waals surface area contributed by atoms with Crippen molar-refractivity contribution in [3.05, 3.63) is 45.4 Å². The fraction of sp³-hybridized carbons (Fsp3) is 0.286. The van der Waals surface area contributed by atoms with Gasteiger partial charge in [0.2, 0.25) is 0 Å². The van der Waals surface area contributed by atoms with E-state index in [1.807, 2.05) is 12.1 Å². The maximum absolute atomic E-state index is 12.2. The number of thiazole rings is 1. The summed E-state index contributed by atoms with van der Waals surface area (Å²) in [7, 11) is 0. The van der Waals surface area contributed by atoms with Crippen molar-refractivity contribution >= 4 is 34.0 Å². The number of nitrogen functional groups attached to an aromatic ring is 1. The van der Waals surface area contributed by atoms with Gasteiger partial charge in [0.1, 0.15) is 0 Å². The highest BCUT2D eigenvalue weighted by atomic mass is 35.5. The summed E-state index contributed by atoms with van der Waals surface area (Å²) in [4.78, 5) is 17.7. The molecule has 20 heavy (non-hydrogen) atoms. The predicted octanol–water partition coefficient (Wildman–Crippen LogP) is 2.67. The molecule has 1 aliphatic carbocycles. The molecule has 0 radical (unpaired) electrons. The molecular weight excluding hydrogens is 294 g/mol. The van der Waals surface area contributed by atoms with Crippen molar-refractivity contribution in [1.29, 1.82) is 0 Å². The van der Waals surface area contributed by atoms with Crippen molar-refractivity contribution in [1.82, 2.24) is 10.3 Å². The SMILES string of the molecule is Nc1nc2c(s1)CC(NC(=O)c1ccccc1Cl)CC2. The Morgan fingerprint density at radius 3 is 3.05 bits per heavy atom. The molecule has 1 heterocycles. The third-order valence-electron chi connectivity index (χ3n) is 3.41. The number of fused-ring (bicyclic) bond motifs is 1. The number of hydrogen-bond donors (Lipinski definition) is 2. The first kappa shape index (κ1) is 13.4. The standard InChI is InChI=1S/C14H14ClN3OS/c15-10-4-2-1-3-9(10)13(19)17-8-5-6-11-12(7-8)20-14(16)18-11/h1-4,8H,5-7H2,(H2,16,18)(H,17,19). The zero-order valence-electron chi connectivity index (χ0n) is 10.7. The van der Waals surface area contributed by atoms with Gasteiger partial charge in [-0.25, -0.2) is 4.98 Å². The number of amides is 1. The van der Waals surface area contributed by atoms with Gasteiger partial charge in [0, 0.05) is 17.3 Å². The number of benzene rings is 1. The fourth-order valence-corrected chi connectivity index (χ4v) is 3.61. The van der Waals surface area contributed by atoms with Crippen molar-refractivity contribution in [2.45, 2.75) is 25.3 Å². The minimum absolute atomic E-state index is 0.117. The average molecular weight is 308 g/mol. The van der Waals surface area contributed by atoms with Crippen LogP contribution in [0.25, 0.3) is 0 Å². The van der Waals surface area contributed by atoms with Gasteiger partial charge in [0.15, 0.2) is 5.13 Å². The minimum Gasteiger partial charge on any atom is -0.375 e. The van der Waals surface area contributed by atoms with Gasteiger partial charge in [-0.3, -0.25) is 4.79 Å². The van der Waals surface area contributed by atoms with E-state index in [0.29, 0.717) is 15.7 Å². The highest BCUT2D eigenvalue weighted by Gasteiger charge is 2.24. The second-order valence-corrected chi connectivity index (χ2v) is 6.34. The lowest BCUT2D eigenvalue weighted by Crippen LogP contribution is -2.38. The van der Waals surface area contributed by atoms with Crippen LogP contribution in [0.3, 0.4) is 0 Å². The maximum Gasteiger partial charge on any atom is 0.253 e. The van der Waals surface area contributed by atoms with Crippen molar-refractivity contribution in [3.63, 3.8) is 0 Å². The summed E-state index contributed by atoms with van der Waals surface area (Å²) in [6, 6.07) is 7.19. The molecule has 6 heteroatoms. The molecule has 3 N–H and O–H groups in total. The van der Waals surface area contributed by atoms with Gasteiger partial charge in [-0.15, -0.1) is 11.3 Å². The highest BCUT2D eigenvalue weighted by molar-refractivity contribution is 7.15. The molecule has 1 aromatic carbocycles. The largest absolute Gasteiger partial charge is 0.375 e. The van der Waals surface area contributed by atoms with E-state index in [1.54, 1.807) is 12.1 Å². The Morgan fingerprint density at radius 2 is 2.25 bits per heavy atom. The zero-order chi connectivity index (χ0) is 14.1. The molecule has 3 rings (SSSR count). The van der Waals surface area contributed by atoms with Crippen LogP contribution >= 0.6 is 22.9 Å². The van der Waals surface area contributed by atoms with Crippen LogP contribution in [0.5, 0.6) is 0 Å². The van der Waals surface area contributed by atoms with Gasteiger partial charge >= 0.3 is 0 Å². The van der Waals surface area contributed by atoms with Crippen molar-refractivity contribution in [2.24, 2.45) is 0 Å². The molecule has 0 spiro atoms. The number of aryl methyl sites for hydroxylation is 1. The van der Waals surface area contributed by atoms with Gasteiger partial charge in [-0.1, -0.05) is 23.7 Å². The monoisotopic (exact) mass is 307 g/mol. The molecule has 4 nitrogen and oxygen atoms in total. The van der Waals surface area contributed by atoms with Crippen LogP contribution in [0.15, 0.2) is 24.3 Å². The first-order valence-corrected chi connectivity index (χ1v) is 7.62. The Bertz CT molecular complexity index is 656. The first-order valence-electron chi connectivity index (χ1n) is 6.43. The Hall–Kier alpha value is -1.59. The predicted molar refractivity (Wildman–Crippen MR) is 81.3 cm³/mol. The van der Waals surface area contributed by atoms with Crippen molar-refractivity contribution in [2.75, 3.05) is 5.73 Å². The number of halogens is 1. The Labute approximate surface area is 126 Å². The van der Waals surface area contributed by atoms with Crippen LogP contribution in [-0.4, -0.2) is 16.9 Å². The highest BCUT2D eigenvalue weighted by Crippen LogP contribution is 2.28. The van der Waals surface area contributed by atoms with Gasteiger partial charge in [0.05, 0.1) is 16.3 Å². The summed E-state index contributed by atoms with van der Waals surface area (Å²) in [5.41, 5.74) is 7.32. The van der Waals surface area contributed by atoms with E-state index in [9.17, 15) is 4.79 Å². The number of nitrogens with one attached hydrogen (secondary N) is 1. The second-order valence-electron chi connectivity index (χ2n) is 4.82. The molecule has 0 bridgehead atoms. The Balaban J connectivity index is 1.71. The minimum atomic E-state index is -0.124. The summed E-state index contributed by atoms with van der Waals surface area (Å²) in [5, 5.41) is 4.12. The maximum atomic E-state index is 12.2. The lowest BCUT2D eigenvalue weighted by Gasteiger charge is -2.22. The molecule has 1 atom stereocenters. The number of carbonyl (C=O) groups excluding carboxylic acids is 1. The molecule has 104 valence electrons. The lowest BCUT2D eigenvalue weighted by atomic mass is 9.97. The van der Waals surface area contributed by atoms with Crippen LogP contribution in [0.4, 0.5) is 5.13 Å². The average Bonchev–Trinajstić information content (AvgIpc) is 2.78. The summed E-state index contributed by atoms with van der Waals surface area (Å²) in [5.74, 6) is -0.124. The van der Waals surface area contributed by atoms with Crippen LogP contribution < -0.4 is 11.1 Å². The van der Waals surface area contributed by atoms with E-state index in [1.165, 1.54) is 16.2 Å². The summed E-state index contributed by atoms with van der Waals surface area (Å²) in [6.07, 6.45) is 2.53. The van der Waals surface area contributed by atoms with Crippen LogP contribution in [0, 0.1) is 0 Å². The number of nitrogens with zero attached hydrogens (tertiary/aromatic N) is 1. The molecule has 2 aromatic rings. The quantitative estimate of drug-likeness (QED) is 0.896. The van der Waals surface area contributed by atoms with E-state index < -0.39 is 0 Å². The van der Waals surface area contributed by atoms with Crippen LogP contribution in [0.1, 0.15) is 27.3 Å². The van der Waals surface area contributed by atoms with Gasteiger partial charge in [0.25, 0.3) is 5.91 Å². The van der Waals surface area contributed by atoms with Gasteiger partial charge < -0.3 is 11.1 Å². The molecular formula is C14H14ClN3OS. The van der Waals surface area contributed by atoms with Crippen molar-refractivity contribution in [3.8, 4) is 0 Å². The van der Waals surface area contributed by atoms with E-state index in [0.717, 1.165) is 25.0 Å². The van der Waals surface area contributed by atoms with E-state index in [2.05, 4.69) is 10.3 Å². The van der Waals surface area contributed by atoms with E-state index >= 15 is 0 Å². The number of rotatable bonds is 2. The normalized spacial score (nSPS) is 17.6. The number of nitrogens with two attached hydrogens (primary N) is 1. The van der Waals surface area contributed by atoms with Gasteiger partial charge in [-0.2, -0.15) is 0 Å². The molecule has 0 saturated carbocycles. The zero-order valence-corrected chi connectivity index (χ0v) is 12.3. The van der Waals surface area contributed by atoms with Crippen LogP contribution in [0.2, 0.25) is 5.02 Å².